The number of hydrogen-bond donors (Lipinski definition) is 3. The lowest BCUT2D eigenvalue weighted by Gasteiger charge is -2.08. The molecule has 0 saturated heterocycles. The van der Waals surface area contributed by atoms with Gasteiger partial charge in [-0.25, -0.2) is 9.82 Å². The first-order chi connectivity index (χ1) is 14.7. The Bertz CT molecular complexity index is 964. The Hall–Kier alpha value is -3.27. The number of carbonyl (C=O) groups excluding carboxylic acids is 3. The van der Waals surface area contributed by atoms with Crippen LogP contribution in [0.1, 0.15) is 19.4 Å². The molecule has 0 aliphatic heterocycles. The van der Waals surface area contributed by atoms with E-state index in [1.807, 2.05) is 13.8 Å². The maximum absolute atomic E-state index is 13.7. The van der Waals surface area contributed by atoms with E-state index < -0.39 is 23.5 Å². The van der Waals surface area contributed by atoms with E-state index in [0.717, 1.165) is 0 Å². The van der Waals surface area contributed by atoms with E-state index in [0.29, 0.717) is 22.3 Å². The predicted molar refractivity (Wildman–Crippen MR) is 118 cm³/mol. The molecule has 164 valence electrons. The third-order valence-corrected chi connectivity index (χ3v) is 4.21. The third kappa shape index (κ3) is 8.55. The highest BCUT2D eigenvalue weighted by Gasteiger charge is 2.12. The van der Waals surface area contributed by atoms with Gasteiger partial charge in [-0.15, -0.1) is 0 Å². The molecule has 0 saturated carbocycles. The third-order valence-electron chi connectivity index (χ3n) is 3.71. The quantitative estimate of drug-likeness (QED) is 0.299. The summed E-state index contributed by atoms with van der Waals surface area (Å²) in [4.78, 5) is 35.1. The van der Waals surface area contributed by atoms with E-state index in [2.05, 4.69) is 37.1 Å². The fourth-order valence-electron chi connectivity index (χ4n) is 2.17. The maximum atomic E-state index is 13.7. The first kappa shape index (κ1) is 24.0. The van der Waals surface area contributed by atoms with Crippen LogP contribution >= 0.6 is 15.9 Å². The number of benzene rings is 2. The molecule has 0 radical (unpaired) electrons. The largest absolute Gasteiger partial charge is 0.484 e. The second-order valence-corrected chi connectivity index (χ2v) is 7.75. The molecule has 0 unspecified atom stereocenters. The van der Waals surface area contributed by atoms with Gasteiger partial charge in [-0.3, -0.25) is 14.4 Å². The smallest absolute Gasteiger partial charge is 0.329 e. The standard InChI is InChI=1S/C21H22BrFN4O4/c1-13(2)10-24-20(29)21(30)27-25-11-14-3-6-16(7-4-14)31-12-19(28)26-18-8-5-15(22)9-17(18)23/h3-9,11,13H,10,12H2,1-2H3,(H,24,29)(H,26,28)(H,27,30)/b25-11-. The zero-order valence-corrected chi connectivity index (χ0v) is 18.5. The van der Waals surface area contributed by atoms with Gasteiger partial charge in [-0.2, -0.15) is 5.10 Å². The lowest BCUT2D eigenvalue weighted by molar-refractivity contribution is -0.139. The van der Waals surface area contributed by atoms with Gasteiger partial charge < -0.3 is 15.4 Å². The van der Waals surface area contributed by atoms with Gasteiger partial charge in [-0.05, 0) is 53.9 Å². The van der Waals surface area contributed by atoms with Gasteiger partial charge in [0.25, 0.3) is 5.91 Å². The van der Waals surface area contributed by atoms with Crippen molar-refractivity contribution in [2.24, 2.45) is 11.0 Å². The molecule has 0 spiro atoms. The second-order valence-electron chi connectivity index (χ2n) is 6.83. The van der Waals surface area contributed by atoms with Gasteiger partial charge in [0.2, 0.25) is 0 Å². The Labute approximate surface area is 187 Å². The molecule has 0 aromatic heterocycles. The van der Waals surface area contributed by atoms with Crippen molar-refractivity contribution >= 4 is 45.6 Å². The number of hydrazone groups is 1. The van der Waals surface area contributed by atoms with Crippen LogP contribution in [0.2, 0.25) is 0 Å². The van der Waals surface area contributed by atoms with E-state index in [4.69, 9.17) is 4.74 Å². The number of hydrogen-bond acceptors (Lipinski definition) is 5. The van der Waals surface area contributed by atoms with Crippen LogP contribution in [0.5, 0.6) is 5.75 Å². The minimum Gasteiger partial charge on any atom is -0.484 e. The van der Waals surface area contributed by atoms with Gasteiger partial charge in [0.1, 0.15) is 11.6 Å². The number of nitrogens with zero attached hydrogens (tertiary/aromatic N) is 1. The van der Waals surface area contributed by atoms with E-state index in [-0.39, 0.29) is 18.2 Å². The summed E-state index contributed by atoms with van der Waals surface area (Å²) in [5.41, 5.74) is 2.84. The van der Waals surface area contributed by atoms with Crippen molar-refractivity contribution in [2.45, 2.75) is 13.8 Å². The summed E-state index contributed by atoms with van der Waals surface area (Å²) in [7, 11) is 0. The molecular weight excluding hydrogens is 471 g/mol. The number of carbonyl (C=O) groups is 3. The van der Waals surface area contributed by atoms with Crippen LogP contribution in [-0.2, 0) is 14.4 Å². The van der Waals surface area contributed by atoms with Crippen molar-refractivity contribution in [1.82, 2.24) is 10.7 Å². The summed E-state index contributed by atoms with van der Waals surface area (Å²) in [6, 6.07) is 10.8. The van der Waals surface area contributed by atoms with Crippen LogP contribution in [0.15, 0.2) is 52.0 Å². The zero-order valence-electron chi connectivity index (χ0n) is 16.9. The Kier molecular flexibility index (Phi) is 9.13. The number of amides is 3. The van der Waals surface area contributed by atoms with Gasteiger partial charge in [0.15, 0.2) is 6.61 Å². The van der Waals surface area contributed by atoms with E-state index >= 15 is 0 Å². The van der Waals surface area contributed by atoms with Crippen molar-refractivity contribution < 1.29 is 23.5 Å². The molecule has 3 amide bonds. The number of nitrogens with one attached hydrogen (secondary N) is 3. The van der Waals surface area contributed by atoms with Gasteiger partial charge in [-0.1, -0.05) is 29.8 Å². The molecular formula is C21H22BrFN4O4. The van der Waals surface area contributed by atoms with Crippen LogP contribution in [0.25, 0.3) is 0 Å². The monoisotopic (exact) mass is 492 g/mol. The fraction of sp³-hybridized carbons (Fsp3) is 0.238. The fourth-order valence-corrected chi connectivity index (χ4v) is 2.50. The van der Waals surface area contributed by atoms with Gasteiger partial charge >= 0.3 is 11.8 Å². The van der Waals surface area contributed by atoms with Crippen LogP contribution < -0.4 is 20.8 Å². The Morgan fingerprint density at radius 1 is 1.13 bits per heavy atom. The molecule has 10 heteroatoms. The lowest BCUT2D eigenvalue weighted by atomic mass is 10.2. The Morgan fingerprint density at radius 3 is 2.48 bits per heavy atom. The highest BCUT2D eigenvalue weighted by Crippen LogP contribution is 2.19. The summed E-state index contributed by atoms with van der Waals surface area (Å²) in [5.74, 6) is -2.03. The van der Waals surface area contributed by atoms with Crippen molar-refractivity contribution in [3.05, 3.63) is 58.3 Å². The molecule has 0 bridgehead atoms. The van der Waals surface area contributed by atoms with Gasteiger partial charge in [0, 0.05) is 11.0 Å². The molecule has 2 aromatic rings. The minimum atomic E-state index is -0.856. The summed E-state index contributed by atoms with van der Waals surface area (Å²) in [5, 5.41) is 8.64. The number of ether oxygens (including phenoxy) is 1. The normalized spacial score (nSPS) is 10.7. The van der Waals surface area contributed by atoms with Crippen LogP contribution in [-0.4, -0.2) is 37.1 Å². The van der Waals surface area contributed by atoms with Crippen molar-refractivity contribution in [2.75, 3.05) is 18.5 Å². The van der Waals surface area contributed by atoms with E-state index in [9.17, 15) is 18.8 Å². The summed E-state index contributed by atoms with van der Waals surface area (Å²) < 4.78 is 19.7. The Balaban J connectivity index is 1.78. The van der Waals surface area contributed by atoms with E-state index in [1.165, 1.54) is 18.3 Å². The molecule has 8 nitrogen and oxygen atoms in total. The molecule has 0 fully saturated rings. The summed E-state index contributed by atoms with van der Waals surface area (Å²) in [6.45, 7) is 3.93. The van der Waals surface area contributed by atoms with Crippen LogP contribution in [0, 0.1) is 11.7 Å². The van der Waals surface area contributed by atoms with Crippen molar-refractivity contribution in [3.8, 4) is 5.75 Å². The summed E-state index contributed by atoms with van der Waals surface area (Å²) >= 11 is 3.14. The SMILES string of the molecule is CC(C)CNC(=O)C(=O)N/N=C\c1ccc(OCC(=O)Nc2ccc(Br)cc2F)cc1. The highest BCUT2D eigenvalue weighted by atomic mass is 79.9. The number of rotatable bonds is 8. The van der Waals surface area contributed by atoms with Crippen LogP contribution in [0.3, 0.4) is 0 Å². The number of anilines is 1. The zero-order chi connectivity index (χ0) is 22.8. The van der Waals surface area contributed by atoms with Gasteiger partial charge in [0.05, 0.1) is 11.9 Å². The van der Waals surface area contributed by atoms with E-state index in [1.54, 1.807) is 30.3 Å². The molecule has 0 aliphatic rings. The average Bonchev–Trinajstić information content (AvgIpc) is 2.73. The molecule has 2 rings (SSSR count). The minimum absolute atomic E-state index is 0.0586. The predicted octanol–water partition coefficient (Wildman–Crippen LogP) is 2.83. The molecule has 0 heterocycles. The van der Waals surface area contributed by atoms with Crippen molar-refractivity contribution in [1.29, 1.82) is 0 Å². The molecule has 0 aliphatic carbocycles. The molecule has 31 heavy (non-hydrogen) atoms. The molecule has 0 atom stereocenters. The molecule has 2 aromatic carbocycles. The highest BCUT2D eigenvalue weighted by molar-refractivity contribution is 9.10. The first-order valence-electron chi connectivity index (χ1n) is 9.33. The average molecular weight is 493 g/mol. The first-order valence-corrected chi connectivity index (χ1v) is 10.1. The molecule has 3 N–H and O–H groups in total. The second kappa shape index (κ2) is 11.8. The van der Waals surface area contributed by atoms with Crippen molar-refractivity contribution in [3.63, 3.8) is 0 Å². The summed E-state index contributed by atoms with van der Waals surface area (Å²) in [6.07, 6.45) is 1.36. The lowest BCUT2D eigenvalue weighted by Crippen LogP contribution is -2.39. The maximum Gasteiger partial charge on any atom is 0.329 e. The Morgan fingerprint density at radius 2 is 1.84 bits per heavy atom. The number of halogens is 2. The topological polar surface area (TPSA) is 109 Å². The van der Waals surface area contributed by atoms with Crippen LogP contribution in [0.4, 0.5) is 10.1 Å².